The summed E-state index contributed by atoms with van der Waals surface area (Å²) in [6.45, 7) is 4.46. The molecule has 0 aliphatic carbocycles. The summed E-state index contributed by atoms with van der Waals surface area (Å²) < 4.78 is 6.30. The zero-order chi connectivity index (χ0) is 13.3. The molecule has 18 heavy (non-hydrogen) atoms. The number of likely N-dealkylation sites (tertiary alicyclic amines) is 1. The SMILES string of the molecule is Cc1ccc(OCC(=O)N2CC(C)(O)C2)c(Br)c1. The van der Waals surface area contributed by atoms with E-state index in [4.69, 9.17) is 4.74 Å². The van der Waals surface area contributed by atoms with Crippen molar-refractivity contribution in [3.63, 3.8) is 0 Å². The van der Waals surface area contributed by atoms with Crippen LogP contribution >= 0.6 is 15.9 Å². The molecule has 0 bridgehead atoms. The highest BCUT2D eigenvalue weighted by Crippen LogP contribution is 2.26. The molecule has 1 aromatic rings. The number of amides is 1. The van der Waals surface area contributed by atoms with Gasteiger partial charge in [0.2, 0.25) is 0 Å². The Labute approximate surface area is 115 Å². The van der Waals surface area contributed by atoms with Crippen LogP contribution in [0.3, 0.4) is 0 Å². The maximum atomic E-state index is 11.7. The Morgan fingerprint density at radius 1 is 1.56 bits per heavy atom. The number of benzene rings is 1. The van der Waals surface area contributed by atoms with Crippen molar-refractivity contribution in [2.45, 2.75) is 19.4 Å². The lowest BCUT2D eigenvalue weighted by atomic mass is 9.97. The molecule has 1 N–H and O–H groups in total. The molecule has 0 atom stereocenters. The number of ether oxygens (including phenoxy) is 1. The second-order valence-corrected chi connectivity index (χ2v) is 5.82. The Morgan fingerprint density at radius 2 is 2.22 bits per heavy atom. The van der Waals surface area contributed by atoms with Gasteiger partial charge in [-0.1, -0.05) is 6.07 Å². The largest absolute Gasteiger partial charge is 0.483 e. The summed E-state index contributed by atoms with van der Waals surface area (Å²) in [6, 6.07) is 5.70. The van der Waals surface area contributed by atoms with Gasteiger partial charge < -0.3 is 14.7 Å². The number of β-amino-alcohol motifs (C(OH)–C–C–N with tert-alkyl or cyclic N) is 1. The van der Waals surface area contributed by atoms with E-state index in [1.165, 1.54) is 0 Å². The molecule has 0 unspecified atom stereocenters. The van der Waals surface area contributed by atoms with Crippen molar-refractivity contribution < 1.29 is 14.6 Å². The fourth-order valence-corrected chi connectivity index (χ4v) is 2.51. The molecule has 0 radical (unpaired) electrons. The van der Waals surface area contributed by atoms with Gasteiger partial charge in [-0.25, -0.2) is 0 Å². The molecule has 1 aliphatic heterocycles. The first-order valence-electron chi connectivity index (χ1n) is 5.76. The van der Waals surface area contributed by atoms with E-state index < -0.39 is 5.60 Å². The number of carbonyl (C=O) groups excluding carboxylic acids is 1. The molecule has 2 rings (SSSR count). The van der Waals surface area contributed by atoms with Crippen molar-refractivity contribution >= 4 is 21.8 Å². The molecular formula is C13H16BrNO3. The quantitative estimate of drug-likeness (QED) is 0.924. The first-order valence-corrected chi connectivity index (χ1v) is 6.56. The Kier molecular flexibility index (Phi) is 3.64. The van der Waals surface area contributed by atoms with Gasteiger partial charge in [-0.15, -0.1) is 0 Å². The number of aliphatic hydroxyl groups is 1. The van der Waals surface area contributed by atoms with E-state index in [0.717, 1.165) is 10.0 Å². The van der Waals surface area contributed by atoms with Crippen molar-refractivity contribution in [2.75, 3.05) is 19.7 Å². The molecule has 5 heteroatoms. The fraction of sp³-hybridized carbons (Fsp3) is 0.462. The number of nitrogens with zero attached hydrogens (tertiary/aromatic N) is 1. The van der Waals surface area contributed by atoms with Gasteiger partial charge in [0.15, 0.2) is 6.61 Å². The monoisotopic (exact) mass is 313 g/mol. The topological polar surface area (TPSA) is 49.8 Å². The zero-order valence-electron chi connectivity index (χ0n) is 10.4. The number of aryl methyl sites for hydroxylation is 1. The van der Waals surface area contributed by atoms with Crippen LogP contribution in [-0.4, -0.2) is 41.2 Å². The van der Waals surface area contributed by atoms with E-state index >= 15 is 0 Å². The number of hydrogen-bond acceptors (Lipinski definition) is 3. The minimum Gasteiger partial charge on any atom is -0.483 e. The van der Waals surface area contributed by atoms with Gasteiger partial charge in [0, 0.05) is 0 Å². The van der Waals surface area contributed by atoms with Crippen LogP contribution in [0.1, 0.15) is 12.5 Å². The highest BCUT2D eigenvalue weighted by Gasteiger charge is 2.39. The molecule has 1 aliphatic rings. The van der Waals surface area contributed by atoms with Gasteiger partial charge in [-0.05, 0) is 47.5 Å². The lowest BCUT2D eigenvalue weighted by Gasteiger charge is -2.44. The number of halogens is 1. The summed E-state index contributed by atoms with van der Waals surface area (Å²) in [7, 11) is 0. The summed E-state index contributed by atoms with van der Waals surface area (Å²) in [4.78, 5) is 13.3. The lowest BCUT2D eigenvalue weighted by Crippen LogP contribution is -2.62. The molecule has 98 valence electrons. The van der Waals surface area contributed by atoms with Crippen LogP contribution in [0.25, 0.3) is 0 Å². The van der Waals surface area contributed by atoms with Crippen LogP contribution in [-0.2, 0) is 4.79 Å². The Balaban J connectivity index is 1.86. The van der Waals surface area contributed by atoms with E-state index in [9.17, 15) is 9.90 Å². The highest BCUT2D eigenvalue weighted by molar-refractivity contribution is 9.10. The van der Waals surface area contributed by atoms with Gasteiger partial charge >= 0.3 is 0 Å². The molecule has 1 saturated heterocycles. The van der Waals surface area contributed by atoms with Gasteiger partial charge in [0.25, 0.3) is 5.91 Å². The average molecular weight is 314 g/mol. The lowest BCUT2D eigenvalue weighted by molar-refractivity contribution is -0.154. The Bertz CT molecular complexity index is 465. The maximum absolute atomic E-state index is 11.7. The predicted octanol–water partition coefficient (Wildman–Crippen LogP) is 1.73. The van der Waals surface area contributed by atoms with Crippen molar-refractivity contribution in [2.24, 2.45) is 0 Å². The second kappa shape index (κ2) is 4.90. The third-order valence-electron chi connectivity index (χ3n) is 2.85. The molecule has 0 spiro atoms. The molecule has 1 fully saturated rings. The Hall–Kier alpha value is -1.07. The Morgan fingerprint density at radius 3 is 2.78 bits per heavy atom. The maximum Gasteiger partial charge on any atom is 0.260 e. The van der Waals surface area contributed by atoms with Gasteiger partial charge in [-0.3, -0.25) is 4.79 Å². The van der Waals surface area contributed by atoms with E-state index in [2.05, 4.69) is 15.9 Å². The molecule has 0 saturated carbocycles. The minimum absolute atomic E-state index is 0.00224. The third kappa shape index (κ3) is 3.03. The number of carbonyl (C=O) groups is 1. The first-order chi connectivity index (χ1) is 8.37. The molecule has 1 amide bonds. The average Bonchev–Trinajstić information content (AvgIpc) is 2.24. The second-order valence-electron chi connectivity index (χ2n) is 4.97. The van der Waals surface area contributed by atoms with Gasteiger partial charge in [-0.2, -0.15) is 0 Å². The van der Waals surface area contributed by atoms with Gasteiger partial charge in [0.1, 0.15) is 5.75 Å². The minimum atomic E-state index is -0.736. The predicted molar refractivity (Wildman–Crippen MR) is 71.6 cm³/mol. The summed E-state index contributed by atoms with van der Waals surface area (Å²) in [5.74, 6) is 0.551. The summed E-state index contributed by atoms with van der Waals surface area (Å²) in [5, 5.41) is 9.55. The number of hydrogen-bond donors (Lipinski definition) is 1. The van der Waals surface area contributed by atoms with Crippen molar-refractivity contribution in [3.05, 3.63) is 28.2 Å². The van der Waals surface area contributed by atoms with Crippen LogP contribution < -0.4 is 4.74 Å². The standard InChI is InChI=1S/C13H16BrNO3/c1-9-3-4-11(10(14)5-9)18-6-12(16)15-7-13(2,17)8-15/h3-5,17H,6-8H2,1-2H3. The summed E-state index contributed by atoms with van der Waals surface area (Å²) >= 11 is 3.39. The van der Waals surface area contributed by atoms with E-state index in [1.54, 1.807) is 11.8 Å². The molecule has 0 aromatic heterocycles. The fourth-order valence-electron chi connectivity index (χ4n) is 1.91. The van der Waals surface area contributed by atoms with Crippen molar-refractivity contribution in [3.8, 4) is 5.75 Å². The summed E-state index contributed by atoms with van der Waals surface area (Å²) in [5.41, 5.74) is 0.388. The van der Waals surface area contributed by atoms with Crippen LogP contribution in [0.5, 0.6) is 5.75 Å². The van der Waals surface area contributed by atoms with Crippen LogP contribution in [0.2, 0.25) is 0 Å². The number of rotatable bonds is 3. The van der Waals surface area contributed by atoms with E-state index in [-0.39, 0.29) is 12.5 Å². The first kappa shape index (κ1) is 13.4. The normalized spacial score (nSPS) is 17.2. The third-order valence-corrected chi connectivity index (χ3v) is 3.47. The molecule has 1 aromatic carbocycles. The van der Waals surface area contributed by atoms with E-state index in [1.807, 2.05) is 25.1 Å². The molecule has 4 nitrogen and oxygen atoms in total. The van der Waals surface area contributed by atoms with Crippen molar-refractivity contribution in [1.29, 1.82) is 0 Å². The highest BCUT2D eigenvalue weighted by atomic mass is 79.9. The summed E-state index contributed by atoms with van der Waals surface area (Å²) in [6.07, 6.45) is 0. The molecular weight excluding hydrogens is 298 g/mol. The van der Waals surface area contributed by atoms with Crippen LogP contribution in [0, 0.1) is 6.92 Å². The molecule has 1 heterocycles. The van der Waals surface area contributed by atoms with E-state index in [0.29, 0.717) is 18.8 Å². The van der Waals surface area contributed by atoms with Gasteiger partial charge in [0.05, 0.1) is 23.2 Å². The smallest absolute Gasteiger partial charge is 0.260 e. The van der Waals surface area contributed by atoms with Crippen LogP contribution in [0.15, 0.2) is 22.7 Å². The van der Waals surface area contributed by atoms with Crippen molar-refractivity contribution in [1.82, 2.24) is 4.90 Å². The van der Waals surface area contributed by atoms with Crippen LogP contribution in [0.4, 0.5) is 0 Å². The zero-order valence-corrected chi connectivity index (χ0v) is 12.0.